The minimum absolute atomic E-state index is 0.227. The van der Waals surface area contributed by atoms with Gasteiger partial charge in [0, 0.05) is 19.3 Å². The fraction of sp³-hybridized carbons (Fsp3) is 0.455. The van der Waals surface area contributed by atoms with E-state index in [2.05, 4.69) is 4.98 Å². The van der Waals surface area contributed by atoms with Gasteiger partial charge in [0.1, 0.15) is 0 Å². The lowest BCUT2D eigenvalue weighted by atomic mass is 10.1. The zero-order chi connectivity index (χ0) is 11.5. The Labute approximate surface area is 92.1 Å². The summed E-state index contributed by atoms with van der Waals surface area (Å²) in [6.07, 6.45) is 4.02. The van der Waals surface area contributed by atoms with Crippen LogP contribution in [0, 0.1) is 11.8 Å². The molecule has 1 aliphatic heterocycles. The van der Waals surface area contributed by atoms with Gasteiger partial charge >= 0.3 is 0 Å². The van der Waals surface area contributed by atoms with Gasteiger partial charge in [0.2, 0.25) is 5.95 Å². The summed E-state index contributed by atoms with van der Waals surface area (Å²) < 4.78 is 26.2. The smallest absolute Gasteiger partial charge is 0.257 e. The summed E-state index contributed by atoms with van der Waals surface area (Å²) in [5.41, 5.74) is -0.227. The molecule has 1 amide bonds. The van der Waals surface area contributed by atoms with Gasteiger partial charge in [-0.3, -0.25) is 4.79 Å². The quantitative estimate of drug-likeness (QED) is 0.686. The van der Waals surface area contributed by atoms with E-state index in [1.807, 2.05) is 0 Å². The van der Waals surface area contributed by atoms with Crippen molar-refractivity contribution < 1.29 is 13.6 Å². The van der Waals surface area contributed by atoms with Crippen LogP contribution in [0.15, 0.2) is 12.3 Å². The number of hydrogen-bond donors (Lipinski definition) is 0. The van der Waals surface area contributed by atoms with Gasteiger partial charge in [-0.1, -0.05) is 0 Å². The van der Waals surface area contributed by atoms with Gasteiger partial charge in [0.05, 0.1) is 5.56 Å². The molecule has 0 aliphatic carbocycles. The molecule has 1 aromatic heterocycles. The Morgan fingerprint density at radius 3 is 2.62 bits per heavy atom. The fourth-order valence-corrected chi connectivity index (χ4v) is 1.85. The average Bonchev–Trinajstić information content (AvgIpc) is 2.33. The predicted octanol–water partition coefficient (Wildman–Crippen LogP) is 1.99. The van der Waals surface area contributed by atoms with Crippen molar-refractivity contribution in [1.29, 1.82) is 0 Å². The number of hydrogen-bond acceptors (Lipinski definition) is 2. The van der Waals surface area contributed by atoms with Crippen molar-refractivity contribution in [1.82, 2.24) is 9.88 Å². The molecule has 2 rings (SSSR count). The minimum atomic E-state index is -1.22. The number of carbonyl (C=O) groups excluding carboxylic acids is 1. The maximum atomic E-state index is 13.3. The van der Waals surface area contributed by atoms with E-state index in [0.29, 0.717) is 13.1 Å². The fourth-order valence-electron chi connectivity index (χ4n) is 1.85. The number of nitrogens with zero attached hydrogens (tertiary/aromatic N) is 2. The maximum Gasteiger partial charge on any atom is 0.257 e. The van der Waals surface area contributed by atoms with E-state index in [9.17, 15) is 13.6 Å². The SMILES string of the molecule is O=C(c1ccnc(F)c1F)N1CCCCC1. The van der Waals surface area contributed by atoms with E-state index < -0.39 is 17.7 Å². The number of likely N-dealkylation sites (tertiary alicyclic amines) is 1. The number of rotatable bonds is 1. The van der Waals surface area contributed by atoms with Gasteiger partial charge in [0.15, 0.2) is 5.82 Å². The molecule has 1 fully saturated rings. The molecule has 1 aromatic rings. The second-order valence-electron chi connectivity index (χ2n) is 3.82. The van der Waals surface area contributed by atoms with Crippen molar-refractivity contribution >= 4 is 5.91 Å². The molecule has 86 valence electrons. The highest BCUT2D eigenvalue weighted by Crippen LogP contribution is 2.16. The normalized spacial score (nSPS) is 16.2. The highest BCUT2D eigenvalue weighted by molar-refractivity contribution is 5.94. The third-order valence-corrected chi connectivity index (χ3v) is 2.72. The lowest BCUT2D eigenvalue weighted by molar-refractivity contribution is 0.0718. The lowest BCUT2D eigenvalue weighted by Gasteiger charge is -2.26. The summed E-state index contributed by atoms with van der Waals surface area (Å²) in [5.74, 6) is -2.82. The number of carbonyl (C=O) groups is 1. The number of pyridine rings is 1. The monoisotopic (exact) mass is 226 g/mol. The Morgan fingerprint density at radius 2 is 1.94 bits per heavy atom. The van der Waals surface area contributed by atoms with Gasteiger partial charge in [-0.25, -0.2) is 9.37 Å². The van der Waals surface area contributed by atoms with Gasteiger partial charge in [-0.05, 0) is 25.3 Å². The van der Waals surface area contributed by atoms with E-state index in [-0.39, 0.29) is 5.56 Å². The number of aromatic nitrogens is 1. The molecule has 2 heterocycles. The maximum absolute atomic E-state index is 13.3. The van der Waals surface area contributed by atoms with E-state index >= 15 is 0 Å². The molecule has 0 unspecified atom stereocenters. The van der Waals surface area contributed by atoms with Crippen molar-refractivity contribution in [3.05, 3.63) is 29.6 Å². The summed E-state index contributed by atoms with van der Waals surface area (Å²) in [5, 5.41) is 0. The average molecular weight is 226 g/mol. The first-order valence-corrected chi connectivity index (χ1v) is 5.29. The molecule has 16 heavy (non-hydrogen) atoms. The van der Waals surface area contributed by atoms with Crippen LogP contribution >= 0.6 is 0 Å². The molecule has 0 bridgehead atoms. The molecule has 0 aromatic carbocycles. The van der Waals surface area contributed by atoms with Crippen LogP contribution in [0.4, 0.5) is 8.78 Å². The van der Waals surface area contributed by atoms with Crippen LogP contribution in [0.2, 0.25) is 0 Å². The first-order chi connectivity index (χ1) is 7.70. The molecule has 0 spiro atoms. The van der Waals surface area contributed by atoms with Gasteiger partial charge < -0.3 is 4.90 Å². The summed E-state index contributed by atoms with van der Waals surface area (Å²) >= 11 is 0. The zero-order valence-electron chi connectivity index (χ0n) is 8.75. The Kier molecular flexibility index (Phi) is 3.12. The second kappa shape index (κ2) is 4.55. The zero-order valence-corrected chi connectivity index (χ0v) is 8.75. The molecule has 0 saturated carbocycles. The van der Waals surface area contributed by atoms with Crippen LogP contribution in [-0.2, 0) is 0 Å². The van der Waals surface area contributed by atoms with Crippen molar-refractivity contribution in [3.63, 3.8) is 0 Å². The van der Waals surface area contributed by atoms with Crippen LogP contribution in [0.5, 0.6) is 0 Å². The van der Waals surface area contributed by atoms with Gasteiger partial charge in [-0.15, -0.1) is 0 Å². The van der Waals surface area contributed by atoms with Crippen LogP contribution in [-0.4, -0.2) is 28.9 Å². The minimum Gasteiger partial charge on any atom is -0.339 e. The lowest BCUT2D eigenvalue weighted by Crippen LogP contribution is -2.36. The summed E-state index contributed by atoms with van der Waals surface area (Å²) in [4.78, 5) is 16.6. The summed E-state index contributed by atoms with van der Waals surface area (Å²) in [7, 11) is 0. The predicted molar refractivity (Wildman–Crippen MR) is 53.9 cm³/mol. The van der Waals surface area contributed by atoms with E-state index in [1.165, 1.54) is 6.07 Å². The second-order valence-corrected chi connectivity index (χ2v) is 3.82. The molecule has 1 saturated heterocycles. The van der Waals surface area contributed by atoms with E-state index in [0.717, 1.165) is 25.5 Å². The number of amides is 1. The highest BCUT2D eigenvalue weighted by atomic mass is 19.2. The van der Waals surface area contributed by atoms with Crippen LogP contribution in [0.25, 0.3) is 0 Å². The van der Waals surface area contributed by atoms with Crippen LogP contribution in [0.1, 0.15) is 29.6 Å². The van der Waals surface area contributed by atoms with Crippen molar-refractivity contribution in [2.75, 3.05) is 13.1 Å². The first kappa shape index (κ1) is 11.0. The Morgan fingerprint density at radius 1 is 1.25 bits per heavy atom. The topological polar surface area (TPSA) is 33.2 Å². The Bertz CT molecular complexity index is 403. The standard InChI is InChI=1S/C11H12F2N2O/c12-9-8(4-5-14-10(9)13)11(16)15-6-2-1-3-7-15/h4-5H,1-3,6-7H2. The summed E-state index contributed by atoms with van der Waals surface area (Å²) in [6, 6.07) is 1.22. The first-order valence-electron chi connectivity index (χ1n) is 5.29. The Hall–Kier alpha value is -1.52. The van der Waals surface area contributed by atoms with Crippen molar-refractivity contribution in [3.8, 4) is 0 Å². The van der Waals surface area contributed by atoms with E-state index in [1.54, 1.807) is 4.90 Å². The molecule has 5 heteroatoms. The van der Waals surface area contributed by atoms with Crippen LogP contribution in [0.3, 0.4) is 0 Å². The third-order valence-electron chi connectivity index (χ3n) is 2.72. The molecule has 0 atom stereocenters. The molecular weight excluding hydrogens is 214 g/mol. The van der Waals surface area contributed by atoms with Gasteiger partial charge in [-0.2, -0.15) is 4.39 Å². The third kappa shape index (κ3) is 2.03. The van der Waals surface area contributed by atoms with Gasteiger partial charge in [0.25, 0.3) is 5.91 Å². The van der Waals surface area contributed by atoms with Crippen molar-refractivity contribution in [2.24, 2.45) is 0 Å². The number of halogens is 2. The molecule has 1 aliphatic rings. The van der Waals surface area contributed by atoms with E-state index in [4.69, 9.17) is 0 Å². The number of piperidine rings is 1. The molecular formula is C11H12F2N2O. The molecule has 0 N–H and O–H groups in total. The highest BCUT2D eigenvalue weighted by Gasteiger charge is 2.22. The summed E-state index contributed by atoms with van der Waals surface area (Å²) in [6.45, 7) is 1.23. The largest absolute Gasteiger partial charge is 0.339 e. The molecule has 0 radical (unpaired) electrons. The Balaban J connectivity index is 2.22. The van der Waals surface area contributed by atoms with Crippen molar-refractivity contribution in [2.45, 2.75) is 19.3 Å². The van der Waals surface area contributed by atoms with Crippen LogP contribution < -0.4 is 0 Å². The molecule has 3 nitrogen and oxygen atoms in total.